The summed E-state index contributed by atoms with van der Waals surface area (Å²) in [7, 11) is 4.13. The molecule has 0 saturated heterocycles. The van der Waals surface area contributed by atoms with E-state index in [0.717, 1.165) is 35.7 Å². The van der Waals surface area contributed by atoms with Crippen LogP contribution in [0.25, 0.3) is 12.2 Å². The molecular formula is C17H22N2O2. The smallest absolute Gasteiger partial charge is 0.159 e. The molecule has 2 aromatic rings. The van der Waals surface area contributed by atoms with E-state index in [1.54, 1.807) is 0 Å². The van der Waals surface area contributed by atoms with Crippen LogP contribution in [0.5, 0.6) is 5.75 Å². The molecule has 1 heterocycles. The highest BCUT2D eigenvalue weighted by Gasteiger charge is 2.01. The fourth-order valence-electron chi connectivity index (χ4n) is 1.95. The molecule has 112 valence electrons. The summed E-state index contributed by atoms with van der Waals surface area (Å²) in [6, 6.07) is 9.90. The summed E-state index contributed by atoms with van der Waals surface area (Å²) in [5, 5.41) is 3.87. The molecule has 1 aromatic carbocycles. The van der Waals surface area contributed by atoms with Gasteiger partial charge in [-0.05, 0) is 45.7 Å². The Morgan fingerprint density at radius 3 is 2.76 bits per heavy atom. The second kappa shape index (κ2) is 7.64. The van der Waals surface area contributed by atoms with E-state index in [4.69, 9.17) is 9.26 Å². The van der Waals surface area contributed by atoms with Crippen molar-refractivity contribution in [2.24, 2.45) is 0 Å². The Kier molecular flexibility index (Phi) is 5.58. The Labute approximate surface area is 126 Å². The Balaban J connectivity index is 1.98. The fraction of sp³-hybridized carbons (Fsp3) is 0.353. The van der Waals surface area contributed by atoms with Crippen LogP contribution in [0.1, 0.15) is 23.4 Å². The Morgan fingerprint density at radius 2 is 2.05 bits per heavy atom. The molecule has 0 amide bonds. The van der Waals surface area contributed by atoms with Crippen molar-refractivity contribution in [1.29, 1.82) is 0 Å². The lowest BCUT2D eigenvalue weighted by molar-refractivity contribution is 0.281. The minimum Gasteiger partial charge on any atom is -0.493 e. The van der Waals surface area contributed by atoms with Crippen molar-refractivity contribution in [3.8, 4) is 5.75 Å². The zero-order valence-corrected chi connectivity index (χ0v) is 12.9. The van der Waals surface area contributed by atoms with Crippen molar-refractivity contribution in [3.05, 3.63) is 47.3 Å². The van der Waals surface area contributed by atoms with E-state index < -0.39 is 0 Å². The molecule has 0 spiro atoms. The summed E-state index contributed by atoms with van der Waals surface area (Å²) in [4.78, 5) is 2.15. The maximum atomic E-state index is 5.86. The summed E-state index contributed by atoms with van der Waals surface area (Å²) in [6.45, 7) is 3.64. The summed E-state index contributed by atoms with van der Waals surface area (Å²) in [5.41, 5.74) is 1.92. The monoisotopic (exact) mass is 286 g/mol. The predicted octanol–water partition coefficient (Wildman–Crippen LogP) is 3.48. The van der Waals surface area contributed by atoms with E-state index in [0.29, 0.717) is 6.61 Å². The van der Waals surface area contributed by atoms with Gasteiger partial charge in [-0.15, -0.1) is 0 Å². The highest BCUT2D eigenvalue weighted by molar-refractivity contribution is 5.70. The van der Waals surface area contributed by atoms with Gasteiger partial charge >= 0.3 is 0 Å². The molecule has 0 bridgehead atoms. The number of nitrogens with zero attached hydrogens (tertiary/aromatic N) is 2. The molecule has 1 aromatic heterocycles. The third kappa shape index (κ3) is 5.08. The first-order valence-electron chi connectivity index (χ1n) is 7.13. The summed E-state index contributed by atoms with van der Waals surface area (Å²) in [6.07, 6.45) is 4.90. The van der Waals surface area contributed by atoms with Crippen LogP contribution in [0.15, 0.2) is 34.9 Å². The lowest BCUT2D eigenvalue weighted by atomic mass is 10.2. The molecule has 0 aliphatic carbocycles. The van der Waals surface area contributed by atoms with Crippen molar-refractivity contribution in [2.75, 3.05) is 27.2 Å². The molecule has 0 fully saturated rings. The van der Waals surface area contributed by atoms with Crippen LogP contribution in [-0.4, -0.2) is 37.3 Å². The van der Waals surface area contributed by atoms with Crippen LogP contribution in [0.3, 0.4) is 0 Å². The molecule has 4 heteroatoms. The fourth-order valence-corrected chi connectivity index (χ4v) is 1.95. The van der Waals surface area contributed by atoms with Crippen LogP contribution in [0.4, 0.5) is 0 Å². The summed E-state index contributed by atoms with van der Waals surface area (Å²) >= 11 is 0. The standard InChI is InChI=1S/C17H22N2O2/c1-14-13-16(21-18-14)10-9-15-7-4-5-8-17(15)20-12-6-11-19(2)3/h4-5,7-10,13H,6,11-12H2,1-3H3/b10-9+. The SMILES string of the molecule is Cc1cc(/C=C/c2ccccc2OCCCN(C)C)on1. The maximum Gasteiger partial charge on any atom is 0.159 e. The largest absolute Gasteiger partial charge is 0.493 e. The number of rotatable bonds is 7. The van der Waals surface area contributed by atoms with Crippen molar-refractivity contribution in [2.45, 2.75) is 13.3 Å². The van der Waals surface area contributed by atoms with Crippen molar-refractivity contribution >= 4 is 12.2 Å². The van der Waals surface area contributed by atoms with Gasteiger partial charge in [0, 0.05) is 18.2 Å². The van der Waals surface area contributed by atoms with E-state index >= 15 is 0 Å². The zero-order valence-electron chi connectivity index (χ0n) is 12.9. The minimum atomic E-state index is 0.713. The van der Waals surface area contributed by atoms with Gasteiger partial charge in [-0.3, -0.25) is 0 Å². The molecule has 0 atom stereocenters. The maximum absolute atomic E-state index is 5.86. The van der Waals surface area contributed by atoms with Crippen molar-refractivity contribution < 1.29 is 9.26 Å². The van der Waals surface area contributed by atoms with Crippen molar-refractivity contribution in [3.63, 3.8) is 0 Å². The average molecular weight is 286 g/mol. The quantitative estimate of drug-likeness (QED) is 0.730. The molecule has 0 N–H and O–H groups in total. The minimum absolute atomic E-state index is 0.713. The van der Waals surface area contributed by atoms with Gasteiger partial charge in [-0.1, -0.05) is 23.4 Å². The van der Waals surface area contributed by atoms with Gasteiger partial charge in [0.2, 0.25) is 0 Å². The molecule has 2 rings (SSSR count). The highest BCUT2D eigenvalue weighted by Crippen LogP contribution is 2.21. The first-order valence-corrected chi connectivity index (χ1v) is 7.13. The van der Waals surface area contributed by atoms with Crippen LogP contribution < -0.4 is 4.74 Å². The Morgan fingerprint density at radius 1 is 1.24 bits per heavy atom. The van der Waals surface area contributed by atoms with Crippen LogP contribution in [0.2, 0.25) is 0 Å². The van der Waals surface area contributed by atoms with Crippen LogP contribution >= 0.6 is 0 Å². The molecule has 0 aliphatic rings. The van der Waals surface area contributed by atoms with E-state index in [1.165, 1.54) is 0 Å². The molecule has 0 unspecified atom stereocenters. The van der Waals surface area contributed by atoms with Gasteiger partial charge in [0.05, 0.1) is 12.3 Å². The van der Waals surface area contributed by atoms with Gasteiger partial charge < -0.3 is 14.2 Å². The van der Waals surface area contributed by atoms with E-state index in [-0.39, 0.29) is 0 Å². The highest BCUT2D eigenvalue weighted by atomic mass is 16.5. The number of para-hydroxylation sites is 1. The van der Waals surface area contributed by atoms with Gasteiger partial charge in [0.1, 0.15) is 5.75 Å². The number of aromatic nitrogens is 1. The lowest BCUT2D eigenvalue weighted by Gasteiger charge is -2.11. The molecule has 0 saturated carbocycles. The summed E-state index contributed by atoms with van der Waals surface area (Å²) < 4.78 is 11.0. The number of ether oxygens (including phenoxy) is 1. The number of aryl methyl sites for hydroxylation is 1. The second-order valence-electron chi connectivity index (χ2n) is 5.25. The molecule has 21 heavy (non-hydrogen) atoms. The van der Waals surface area contributed by atoms with Gasteiger partial charge in [0.15, 0.2) is 5.76 Å². The second-order valence-corrected chi connectivity index (χ2v) is 5.25. The zero-order chi connectivity index (χ0) is 15.1. The molecular weight excluding hydrogens is 264 g/mol. The van der Waals surface area contributed by atoms with E-state index in [9.17, 15) is 0 Å². The van der Waals surface area contributed by atoms with Crippen molar-refractivity contribution in [1.82, 2.24) is 10.1 Å². The molecule has 0 radical (unpaired) electrons. The molecule has 4 nitrogen and oxygen atoms in total. The number of hydrogen-bond acceptors (Lipinski definition) is 4. The average Bonchev–Trinajstić information content (AvgIpc) is 2.88. The Bertz CT molecular complexity index is 588. The molecule has 0 aliphatic heterocycles. The number of benzene rings is 1. The number of hydrogen-bond donors (Lipinski definition) is 0. The normalized spacial score (nSPS) is 11.4. The first-order chi connectivity index (χ1) is 10.1. The van der Waals surface area contributed by atoms with Gasteiger partial charge in [-0.2, -0.15) is 0 Å². The predicted molar refractivity (Wildman–Crippen MR) is 85.3 cm³/mol. The third-order valence-corrected chi connectivity index (χ3v) is 3.00. The van der Waals surface area contributed by atoms with E-state index in [1.807, 2.05) is 49.4 Å². The lowest BCUT2D eigenvalue weighted by Crippen LogP contribution is -2.15. The first kappa shape index (κ1) is 15.3. The Hall–Kier alpha value is -2.07. The van der Waals surface area contributed by atoms with Crippen LogP contribution in [-0.2, 0) is 0 Å². The summed E-state index contributed by atoms with van der Waals surface area (Å²) in [5.74, 6) is 1.64. The topological polar surface area (TPSA) is 38.5 Å². The van der Waals surface area contributed by atoms with Crippen LogP contribution in [0, 0.1) is 6.92 Å². The van der Waals surface area contributed by atoms with Gasteiger partial charge in [0.25, 0.3) is 0 Å². The van der Waals surface area contributed by atoms with Gasteiger partial charge in [-0.25, -0.2) is 0 Å². The third-order valence-electron chi connectivity index (χ3n) is 3.00. The van der Waals surface area contributed by atoms with E-state index in [2.05, 4.69) is 24.2 Å².